The number of benzene rings is 2. The maximum Gasteiger partial charge on any atom is 0.318 e. The van der Waals surface area contributed by atoms with Crippen LogP contribution in [-0.2, 0) is 13.0 Å². The average molecular weight is 537 g/mol. The van der Waals surface area contributed by atoms with Crippen LogP contribution in [0.1, 0.15) is 36.9 Å². The molecule has 200 valence electrons. The van der Waals surface area contributed by atoms with Crippen molar-refractivity contribution in [3.8, 4) is 6.01 Å². The van der Waals surface area contributed by atoms with E-state index < -0.39 is 5.82 Å². The Labute approximate surface area is 227 Å². The molecule has 0 saturated carbocycles. The molecule has 7 rings (SSSR count). The normalized spacial score (nSPS) is 25.3. The number of ether oxygens (including phenoxy) is 1. The number of rotatable bonds is 5. The predicted octanol–water partition coefficient (Wildman–Crippen LogP) is 4.40. The lowest BCUT2D eigenvalue weighted by Gasteiger charge is -2.37. The summed E-state index contributed by atoms with van der Waals surface area (Å²) in [5, 5.41) is 5.60. The van der Waals surface area contributed by atoms with Crippen molar-refractivity contribution in [3.63, 3.8) is 0 Å². The summed E-state index contributed by atoms with van der Waals surface area (Å²) >= 11 is 6.49. The molecule has 1 aromatic heterocycles. The fourth-order valence-electron chi connectivity index (χ4n) is 6.81. The van der Waals surface area contributed by atoms with Gasteiger partial charge in [0.2, 0.25) is 0 Å². The molecular weight excluding hydrogens is 503 g/mol. The Balaban J connectivity index is 1.24. The van der Waals surface area contributed by atoms with E-state index in [0.717, 1.165) is 67.0 Å². The van der Waals surface area contributed by atoms with Crippen LogP contribution in [0.3, 0.4) is 0 Å². The molecule has 0 radical (unpaired) electrons. The van der Waals surface area contributed by atoms with Crippen LogP contribution >= 0.6 is 11.6 Å². The molecule has 9 heteroatoms. The van der Waals surface area contributed by atoms with Crippen molar-refractivity contribution in [2.75, 3.05) is 49.6 Å². The van der Waals surface area contributed by atoms with E-state index in [2.05, 4.69) is 27.1 Å². The van der Waals surface area contributed by atoms with Gasteiger partial charge < -0.3 is 24.8 Å². The molecule has 0 spiro atoms. The number of anilines is 2. The Kier molecular flexibility index (Phi) is 6.29. The Morgan fingerprint density at radius 2 is 1.89 bits per heavy atom. The van der Waals surface area contributed by atoms with Gasteiger partial charge in [-0.25, -0.2) is 4.39 Å². The van der Waals surface area contributed by atoms with Crippen molar-refractivity contribution in [3.05, 3.63) is 52.4 Å². The summed E-state index contributed by atoms with van der Waals surface area (Å²) in [7, 11) is 2.16. The number of piperazine rings is 1. The number of fused-ring (bicyclic) bond motifs is 4. The molecule has 4 aliphatic rings. The third-order valence-corrected chi connectivity index (χ3v) is 9.24. The second-order valence-electron chi connectivity index (χ2n) is 11.3. The summed E-state index contributed by atoms with van der Waals surface area (Å²) in [6, 6.07) is 11.2. The number of hydrogen-bond donors (Lipinski definition) is 1. The largest absolute Gasteiger partial charge is 0.462 e. The van der Waals surface area contributed by atoms with E-state index in [1.165, 1.54) is 30.9 Å². The van der Waals surface area contributed by atoms with Crippen LogP contribution in [0.2, 0.25) is 5.02 Å². The second kappa shape index (κ2) is 9.81. The lowest BCUT2D eigenvalue weighted by Crippen LogP contribution is -2.52. The van der Waals surface area contributed by atoms with Gasteiger partial charge in [0.1, 0.15) is 18.2 Å². The number of likely N-dealkylation sites (N-methyl/N-ethyl adjacent to an activating group) is 1. The fraction of sp³-hybridized carbons (Fsp3) is 0.517. The second-order valence-corrected chi connectivity index (χ2v) is 11.7. The molecule has 3 saturated heterocycles. The molecule has 0 aliphatic carbocycles. The number of hydrogen-bond acceptors (Lipinski definition) is 7. The van der Waals surface area contributed by atoms with Gasteiger partial charge in [-0.1, -0.05) is 29.8 Å². The van der Waals surface area contributed by atoms with Crippen molar-refractivity contribution in [2.24, 2.45) is 0 Å². The van der Waals surface area contributed by atoms with Gasteiger partial charge in [0.15, 0.2) is 0 Å². The molecule has 3 fully saturated rings. The number of nitrogens with zero attached hydrogens (tertiary/aromatic N) is 5. The van der Waals surface area contributed by atoms with Gasteiger partial charge in [-0.3, -0.25) is 0 Å². The van der Waals surface area contributed by atoms with Gasteiger partial charge in [-0.05, 0) is 63.2 Å². The van der Waals surface area contributed by atoms with E-state index in [-0.39, 0.29) is 5.02 Å². The van der Waals surface area contributed by atoms with Crippen molar-refractivity contribution in [1.29, 1.82) is 0 Å². The van der Waals surface area contributed by atoms with Gasteiger partial charge in [0.25, 0.3) is 0 Å². The minimum absolute atomic E-state index is 0.174. The first kappa shape index (κ1) is 24.4. The molecule has 3 unspecified atom stereocenters. The van der Waals surface area contributed by atoms with Crippen molar-refractivity contribution in [1.82, 2.24) is 20.2 Å². The van der Waals surface area contributed by atoms with Gasteiger partial charge in [0.05, 0.1) is 17.3 Å². The first-order valence-corrected chi connectivity index (χ1v) is 14.3. The van der Waals surface area contributed by atoms with E-state index in [4.69, 9.17) is 26.3 Å². The molecule has 4 aliphatic heterocycles. The third kappa shape index (κ3) is 4.36. The zero-order valence-electron chi connectivity index (χ0n) is 21.8. The van der Waals surface area contributed by atoms with Crippen molar-refractivity contribution >= 4 is 33.9 Å². The average Bonchev–Trinajstić information content (AvgIpc) is 3.51. The van der Waals surface area contributed by atoms with Crippen molar-refractivity contribution in [2.45, 2.75) is 56.8 Å². The van der Waals surface area contributed by atoms with Crippen LogP contribution < -0.4 is 19.9 Å². The lowest BCUT2D eigenvalue weighted by molar-refractivity contribution is 0.187. The van der Waals surface area contributed by atoms with Gasteiger partial charge in [-0.15, -0.1) is 0 Å². The molecule has 2 aromatic carbocycles. The van der Waals surface area contributed by atoms with Crippen molar-refractivity contribution < 1.29 is 9.13 Å². The zero-order valence-corrected chi connectivity index (χ0v) is 22.6. The highest BCUT2D eigenvalue weighted by molar-refractivity contribution is 6.36. The molecule has 1 N–H and O–H groups in total. The summed E-state index contributed by atoms with van der Waals surface area (Å²) in [4.78, 5) is 17.1. The van der Waals surface area contributed by atoms with E-state index in [0.29, 0.717) is 37.3 Å². The minimum Gasteiger partial charge on any atom is -0.462 e. The Bertz CT molecular complexity index is 1360. The smallest absolute Gasteiger partial charge is 0.318 e. The summed E-state index contributed by atoms with van der Waals surface area (Å²) in [5.74, 6) is 0.638. The highest BCUT2D eigenvalue weighted by atomic mass is 35.5. The number of nitrogens with one attached hydrogen (secondary N) is 1. The highest BCUT2D eigenvalue weighted by Crippen LogP contribution is 2.38. The molecule has 5 heterocycles. The predicted molar refractivity (Wildman–Crippen MR) is 149 cm³/mol. The van der Waals surface area contributed by atoms with Gasteiger partial charge >= 0.3 is 6.01 Å². The molecule has 2 bridgehead atoms. The summed E-state index contributed by atoms with van der Waals surface area (Å²) in [6.45, 7) is 5.04. The van der Waals surface area contributed by atoms with Crippen LogP contribution in [0.4, 0.5) is 15.9 Å². The Morgan fingerprint density at radius 3 is 2.68 bits per heavy atom. The topological polar surface area (TPSA) is 56.8 Å². The maximum absolute atomic E-state index is 14.5. The minimum atomic E-state index is -0.394. The number of likely N-dealkylation sites (tertiary alicyclic amines) is 1. The first-order valence-electron chi connectivity index (χ1n) is 13.9. The van der Waals surface area contributed by atoms with Gasteiger partial charge in [0, 0.05) is 54.4 Å². The maximum atomic E-state index is 14.5. The summed E-state index contributed by atoms with van der Waals surface area (Å²) in [5.41, 5.74) is 3.14. The lowest BCUT2D eigenvalue weighted by atomic mass is 10.0. The molecule has 7 nitrogen and oxygen atoms in total. The SMILES string of the molecule is CN1CCCC1COc1nc2c(c(N3CC4CCC(C3)N4)n1)CCN(c1cccc3ccc(F)c(Cl)c13)C2. The number of aromatic nitrogens is 2. The molecule has 3 aromatic rings. The third-order valence-electron chi connectivity index (χ3n) is 8.87. The fourth-order valence-corrected chi connectivity index (χ4v) is 7.07. The van der Waals surface area contributed by atoms with E-state index in [1.807, 2.05) is 18.2 Å². The van der Waals surface area contributed by atoms with Crippen LogP contribution in [0, 0.1) is 5.82 Å². The van der Waals surface area contributed by atoms with E-state index in [9.17, 15) is 4.39 Å². The van der Waals surface area contributed by atoms with E-state index in [1.54, 1.807) is 6.07 Å². The highest BCUT2D eigenvalue weighted by Gasteiger charge is 2.35. The quantitative estimate of drug-likeness (QED) is 0.519. The van der Waals surface area contributed by atoms with Crippen LogP contribution in [0.25, 0.3) is 10.8 Å². The van der Waals surface area contributed by atoms with Crippen LogP contribution in [-0.4, -0.2) is 72.8 Å². The van der Waals surface area contributed by atoms with E-state index >= 15 is 0 Å². The molecule has 0 amide bonds. The van der Waals surface area contributed by atoms with Crippen LogP contribution in [0.15, 0.2) is 30.3 Å². The standard InChI is InChI=1S/C29H34ClFN6O/c1-35-12-3-5-21(35)17-38-29-33-24-16-36(25-6-2-4-18-7-10-23(31)27(30)26(18)25)13-11-22(24)28(34-29)37-14-19-8-9-20(15-37)32-19/h2,4,6-7,10,19-21,32H,3,5,8-9,11-17H2,1H3. The molecular formula is C29H34ClFN6O. The zero-order chi connectivity index (χ0) is 25.8. The molecule has 38 heavy (non-hydrogen) atoms. The Hall–Kier alpha value is -2.68. The molecule has 3 atom stereocenters. The van der Waals surface area contributed by atoms with Gasteiger partial charge in [-0.2, -0.15) is 9.97 Å². The monoisotopic (exact) mass is 536 g/mol. The number of halogens is 2. The first-order chi connectivity index (χ1) is 18.5. The summed E-state index contributed by atoms with van der Waals surface area (Å²) < 4.78 is 20.7. The Morgan fingerprint density at radius 1 is 1.05 bits per heavy atom. The summed E-state index contributed by atoms with van der Waals surface area (Å²) in [6.07, 6.45) is 5.60. The van der Waals surface area contributed by atoms with Crippen LogP contribution in [0.5, 0.6) is 6.01 Å².